The maximum atomic E-state index is 14.0. The minimum Gasteiger partial charge on any atom is -0.492 e. The summed E-state index contributed by atoms with van der Waals surface area (Å²) in [7, 11) is 4.29. The highest BCUT2D eigenvalue weighted by molar-refractivity contribution is 9.10. The van der Waals surface area contributed by atoms with Crippen molar-refractivity contribution in [3.63, 3.8) is 0 Å². The number of hydrogen-bond acceptors (Lipinski definition) is 4. The third kappa shape index (κ3) is 2.58. The third-order valence-corrected chi connectivity index (χ3v) is 3.49. The van der Waals surface area contributed by atoms with E-state index in [2.05, 4.69) is 21.0 Å². The molecular weight excluding hydrogens is 347 g/mol. The highest BCUT2D eigenvalue weighted by Crippen LogP contribution is 2.43. The average Bonchev–Trinajstić information content (AvgIpc) is 2.83. The van der Waals surface area contributed by atoms with E-state index in [-0.39, 0.29) is 21.7 Å². The second kappa shape index (κ2) is 5.72. The zero-order chi connectivity index (χ0) is 15.7. The molecule has 8 heteroatoms. The van der Waals surface area contributed by atoms with Crippen LogP contribution in [0.3, 0.4) is 0 Å². The predicted molar refractivity (Wildman–Crippen MR) is 76.4 cm³/mol. The van der Waals surface area contributed by atoms with Crippen LogP contribution in [0.25, 0.3) is 11.3 Å². The summed E-state index contributed by atoms with van der Waals surface area (Å²) in [5, 5.41) is 12.9. The van der Waals surface area contributed by atoms with Gasteiger partial charge in [0.05, 0.1) is 24.4 Å². The van der Waals surface area contributed by atoms with Crippen molar-refractivity contribution >= 4 is 21.9 Å². The van der Waals surface area contributed by atoms with Crippen LogP contribution in [0.4, 0.5) is 4.39 Å². The Balaban J connectivity index is 2.74. The largest absolute Gasteiger partial charge is 0.492 e. The molecule has 1 aromatic carbocycles. The number of carbonyl (C=O) groups is 1. The molecule has 21 heavy (non-hydrogen) atoms. The molecule has 0 saturated heterocycles. The van der Waals surface area contributed by atoms with E-state index in [0.717, 1.165) is 0 Å². The van der Waals surface area contributed by atoms with Gasteiger partial charge in [-0.05, 0) is 28.1 Å². The quantitative estimate of drug-likeness (QED) is 0.909. The lowest BCUT2D eigenvalue weighted by molar-refractivity contribution is 0.0689. The van der Waals surface area contributed by atoms with E-state index < -0.39 is 11.8 Å². The van der Waals surface area contributed by atoms with Crippen LogP contribution in [0, 0.1) is 5.82 Å². The van der Waals surface area contributed by atoms with Crippen molar-refractivity contribution in [3.05, 3.63) is 28.1 Å². The number of hydrogen-bond donors (Lipinski definition) is 1. The van der Waals surface area contributed by atoms with Gasteiger partial charge in [0.15, 0.2) is 23.0 Å². The summed E-state index contributed by atoms with van der Waals surface area (Å²) in [6.45, 7) is 0. The highest BCUT2D eigenvalue weighted by Gasteiger charge is 2.23. The van der Waals surface area contributed by atoms with Crippen LogP contribution in [-0.4, -0.2) is 35.1 Å². The Morgan fingerprint density at radius 1 is 1.33 bits per heavy atom. The van der Waals surface area contributed by atoms with Gasteiger partial charge in [-0.1, -0.05) is 0 Å². The molecule has 0 spiro atoms. The molecule has 112 valence electrons. The summed E-state index contributed by atoms with van der Waals surface area (Å²) in [6.07, 6.45) is 0. The molecule has 0 bridgehead atoms. The Kier molecular flexibility index (Phi) is 4.17. The van der Waals surface area contributed by atoms with E-state index >= 15 is 0 Å². The van der Waals surface area contributed by atoms with Crippen LogP contribution < -0.4 is 9.47 Å². The number of carboxylic acids is 1. The van der Waals surface area contributed by atoms with Crippen molar-refractivity contribution in [1.29, 1.82) is 0 Å². The first-order chi connectivity index (χ1) is 9.90. The number of rotatable bonds is 4. The zero-order valence-electron chi connectivity index (χ0n) is 11.5. The molecule has 0 fully saturated rings. The van der Waals surface area contributed by atoms with E-state index in [9.17, 15) is 9.18 Å². The second-order valence-electron chi connectivity index (χ2n) is 4.13. The van der Waals surface area contributed by atoms with Crippen molar-refractivity contribution in [1.82, 2.24) is 9.78 Å². The molecule has 2 rings (SSSR count). The number of aromatic carboxylic acids is 1. The number of nitrogens with zero attached hydrogens (tertiary/aromatic N) is 2. The fourth-order valence-electron chi connectivity index (χ4n) is 1.99. The molecule has 0 radical (unpaired) electrons. The molecule has 0 aliphatic rings. The lowest BCUT2D eigenvalue weighted by atomic mass is 10.1. The minimum atomic E-state index is -1.15. The van der Waals surface area contributed by atoms with Crippen molar-refractivity contribution in [2.24, 2.45) is 7.05 Å². The fraction of sp³-hybridized carbons (Fsp3) is 0.231. The molecule has 0 saturated carbocycles. The van der Waals surface area contributed by atoms with Gasteiger partial charge in [-0.2, -0.15) is 5.10 Å². The van der Waals surface area contributed by atoms with Gasteiger partial charge in [0.25, 0.3) is 0 Å². The summed E-state index contributed by atoms with van der Waals surface area (Å²) in [4.78, 5) is 11.0. The third-order valence-electron chi connectivity index (χ3n) is 2.91. The number of halogens is 2. The molecule has 1 N–H and O–H groups in total. The van der Waals surface area contributed by atoms with Crippen LogP contribution >= 0.6 is 15.9 Å². The number of methoxy groups -OCH3 is 2. The molecular formula is C13H12BrFN2O4. The molecule has 0 amide bonds. The topological polar surface area (TPSA) is 73.6 Å². The monoisotopic (exact) mass is 358 g/mol. The van der Waals surface area contributed by atoms with Gasteiger partial charge in [0.1, 0.15) is 0 Å². The van der Waals surface area contributed by atoms with Gasteiger partial charge in [-0.3, -0.25) is 4.68 Å². The van der Waals surface area contributed by atoms with Crippen LogP contribution in [0.5, 0.6) is 11.5 Å². The summed E-state index contributed by atoms with van der Waals surface area (Å²) in [5.41, 5.74) is 0.808. The normalized spacial score (nSPS) is 10.5. The molecule has 0 aliphatic heterocycles. The summed E-state index contributed by atoms with van der Waals surface area (Å²) >= 11 is 3.10. The Bertz CT molecular complexity index is 715. The maximum absolute atomic E-state index is 14.0. The van der Waals surface area contributed by atoms with Crippen LogP contribution in [0.2, 0.25) is 0 Å². The Labute approximate surface area is 128 Å². The zero-order valence-corrected chi connectivity index (χ0v) is 13.1. The van der Waals surface area contributed by atoms with Gasteiger partial charge in [-0.15, -0.1) is 0 Å². The lowest BCUT2D eigenvalue weighted by Gasteiger charge is -2.14. The van der Waals surface area contributed by atoms with E-state index in [4.69, 9.17) is 14.6 Å². The van der Waals surface area contributed by atoms with Crippen molar-refractivity contribution in [3.8, 4) is 22.8 Å². The number of benzene rings is 1. The maximum Gasteiger partial charge on any atom is 0.356 e. The summed E-state index contributed by atoms with van der Waals surface area (Å²) in [5.74, 6) is -1.65. The molecule has 0 atom stereocenters. The van der Waals surface area contributed by atoms with Gasteiger partial charge in [-0.25, -0.2) is 9.18 Å². The van der Waals surface area contributed by atoms with Crippen LogP contribution in [-0.2, 0) is 7.05 Å². The number of aromatic nitrogens is 2. The van der Waals surface area contributed by atoms with Gasteiger partial charge >= 0.3 is 5.97 Å². The first-order valence-electron chi connectivity index (χ1n) is 5.78. The van der Waals surface area contributed by atoms with Gasteiger partial charge < -0.3 is 14.6 Å². The Morgan fingerprint density at radius 2 is 1.95 bits per heavy atom. The van der Waals surface area contributed by atoms with Crippen molar-refractivity contribution in [2.45, 2.75) is 0 Å². The van der Waals surface area contributed by atoms with E-state index in [1.807, 2.05) is 0 Å². The van der Waals surface area contributed by atoms with Crippen LogP contribution in [0.15, 0.2) is 16.6 Å². The number of aryl methyl sites for hydroxylation is 1. The molecule has 0 unspecified atom stereocenters. The second-order valence-corrected chi connectivity index (χ2v) is 4.98. The number of carboxylic acid groups (broad SMARTS) is 1. The van der Waals surface area contributed by atoms with Crippen molar-refractivity contribution in [2.75, 3.05) is 14.2 Å². The SMILES string of the molecule is COc1c(-c2cc(C(=O)O)nn2C)cc(Br)c(F)c1OC. The Morgan fingerprint density at radius 3 is 2.43 bits per heavy atom. The van der Waals surface area contributed by atoms with Gasteiger partial charge in [0.2, 0.25) is 0 Å². The molecule has 2 aromatic rings. The number of ether oxygens (including phenoxy) is 2. The van der Waals surface area contributed by atoms with Gasteiger partial charge in [0, 0.05) is 12.6 Å². The fourth-order valence-corrected chi connectivity index (χ4v) is 2.39. The average molecular weight is 359 g/mol. The van der Waals surface area contributed by atoms with Crippen molar-refractivity contribution < 1.29 is 23.8 Å². The Hall–Kier alpha value is -2.09. The minimum absolute atomic E-state index is 0.0695. The summed E-state index contributed by atoms with van der Waals surface area (Å²) in [6, 6.07) is 2.86. The standard InChI is InChI=1S/C13H12BrFN2O4/c1-17-9(5-8(16-17)13(18)19)6-4-7(14)10(15)12(21-3)11(6)20-2/h4-5H,1-3H3,(H,18,19). The predicted octanol–water partition coefficient (Wildman–Crippen LogP) is 2.70. The van der Waals surface area contributed by atoms with E-state index in [0.29, 0.717) is 11.3 Å². The molecule has 1 heterocycles. The molecule has 1 aromatic heterocycles. The molecule has 6 nitrogen and oxygen atoms in total. The lowest BCUT2D eigenvalue weighted by Crippen LogP contribution is -2.01. The molecule has 0 aliphatic carbocycles. The smallest absolute Gasteiger partial charge is 0.356 e. The van der Waals surface area contributed by atoms with E-state index in [1.54, 1.807) is 7.05 Å². The highest BCUT2D eigenvalue weighted by atomic mass is 79.9. The first kappa shape index (κ1) is 15.3. The summed E-state index contributed by atoms with van der Waals surface area (Å²) < 4.78 is 25.8. The van der Waals surface area contributed by atoms with Crippen LogP contribution in [0.1, 0.15) is 10.5 Å². The first-order valence-corrected chi connectivity index (χ1v) is 6.57. The van der Waals surface area contributed by atoms with E-state index in [1.165, 1.54) is 31.0 Å².